The standard InChI is InChI=1S/C11H10O3/c1-3-7-13-10-5-4-6-11(8-10)14-9(2)12/h1,4-6,8H,7H2,2H3. The number of ether oxygens (including phenoxy) is 2. The first kappa shape index (κ1) is 10.1. The number of esters is 1. The summed E-state index contributed by atoms with van der Waals surface area (Å²) < 4.78 is 10.0. The Morgan fingerprint density at radius 1 is 1.50 bits per heavy atom. The third kappa shape index (κ3) is 3.20. The van der Waals surface area contributed by atoms with Gasteiger partial charge < -0.3 is 9.47 Å². The van der Waals surface area contributed by atoms with Crippen molar-refractivity contribution in [3.8, 4) is 23.8 Å². The number of carbonyl (C=O) groups excluding carboxylic acids is 1. The average Bonchev–Trinajstić information content (AvgIpc) is 2.14. The lowest BCUT2D eigenvalue weighted by atomic mass is 10.3. The van der Waals surface area contributed by atoms with Crippen LogP contribution in [0, 0.1) is 12.3 Å². The molecule has 0 amide bonds. The first-order valence-electron chi connectivity index (χ1n) is 4.07. The summed E-state index contributed by atoms with van der Waals surface area (Å²) in [5, 5.41) is 0. The van der Waals surface area contributed by atoms with Gasteiger partial charge in [0.2, 0.25) is 0 Å². The van der Waals surface area contributed by atoms with Crippen molar-refractivity contribution in [2.75, 3.05) is 6.61 Å². The van der Waals surface area contributed by atoms with Crippen LogP contribution in [0.1, 0.15) is 6.92 Å². The highest BCUT2D eigenvalue weighted by Gasteiger charge is 1.99. The van der Waals surface area contributed by atoms with E-state index in [0.717, 1.165) is 0 Å². The van der Waals surface area contributed by atoms with Gasteiger partial charge in [-0.15, -0.1) is 6.42 Å². The minimum Gasteiger partial charge on any atom is -0.481 e. The molecule has 0 heterocycles. The number of carbonyl (C=O) groups is 1. The van der Waals surface area contributed by atoms with E-state index in [0.29, 0.717) is 11.5 Å². The molecule has 0 saturated carbocycles. The van der Waals surface area contributed by atoms with Crippen LogP contribution in [0.5, 0.6) is 11.5 Å². The predicted octanol–water partition coefficient (Wildman–Crippen LogP) is 1.62. The molecule has 0 radical (unpaired) electrons. The van der Waals surface area contributed by atoms with Crippen molar-refractivity contribution in [3.63, 3.8) is 0 Å². The summed E-state index contributed by atoms with van der Waals surface area (Å²) in [6.07, 6.45) is 5.03. The third-order valence-corrected chi connectivity index (χ3v) is 1.39. The number of rotatable bonds is 3. The lowest BCUT2D eigenvalue weighted by Gasteiger charge is -2.04. The van der Waals surface area contributed by atoms with Crippen molar-refractivity contribution in [3.05, 3.63) is 24.3 Å². The van der Waals surface area contributed by atoms with Gasteiger partial charge in [-0.25, -0.2) is 0 Å². The fourth-order valence-corrected chi connectivity index (χ4v) is 0.918. The topological polar surface area (TPSA) is 35.5 Å². The molecular weight excluding hydrogens is 180 g/mol. The zero-order valence-corrected chi connectivity index (χ0v) is 7.82. The highest BCUT2D eigenvalue weighted by atomic mass is 16.5. The van der Waals surface area contributed by atoms with Crippen molar-refractivity contribution < 1.29 is 14.3 Å². The van der Waals surface area contributed by atoms with Crippen LogP contribution in [-0.4, -0.2) is 12.6 Å². The van der Waals surface area contributed by atoms with Gasteiger partial charge in [-0.1, -0.05) is 12.0 Å². The minimum absolute atomic E-state index is 0.198. The highest BCUT2D eigenvalue weighted by Crippen LogP contribution is 2.19. The molecule has 3 nitrogen and oxygen atoms in total. The Labute approximate surface area is 82.6 Å². The Hall–Kier alpha value is -1.95. The quantitative estimate of drug-likeness (QED) is 0.413. The van der Waals surface area contributed by atoms with Gasteiger partial charge in [0.25, 0.3) is 0 Å². The van der Waals surface area contributed by atoms with Crippen molar-refractivity contribution in [1.82, 2.24) is 0 Å². The predicted molar refractivity (Wildman–Crippen MR) is 52.1 cm³/mol. The molecule has 0 bridgehead atoms. The largest absolute Gasteiger partial charge is 0.481 e. The molecule has 1 rings (SSSR count). The maximum absolute atomic E-state index is 10.6. The second-order valence-corrected chi connectivity index (χ2v) is 2.56. The Kier molecular flexibility index (Phi) is 3.57. The molecule has 72 valence electrons. The zero-order valence-electron chi connectivity index (χ0n) is 7.82. The van der Waals surface area contributed by atoms with E-state index in [1.165, 1.54) is 6.92 Å². The van der Waals surface area contributed by atoms with Gasteiger partial charge >= 0.3 is 5.97 Å². The SMILES string of the molecule is C#CCOc1cccc(OC(C)=O)c1. The lowest BCUT2D eigenvalue weighted by molar-refractivity contribution is -0.131. The maximum Gasteiger partial charge on any atom is 0.308 e. The zero-order chi connectivity index (χ0) is 10.4. The van der Waals surface area contributed by atoms with E-state index in [1.807, 2.05) is 0 Å². The van der Waals surface area contributed by atoms with E-state index in [9.17, 15) is 4.79 Å². The van der Waals surface area contributed by atoms with Crippen molar-refractivity contribution in [1.29, 1.82) is 0 Å². The van der Waals surface area contributed by atoms with Gasteiger partial charge in [0.15, 0.2) is 0 Å². The summed E-state index contributed by atoms with van der Waals surface area (Å²) in [7, 11) is 0. The molecule has 14 heavy (non-hydrogen) atoms. The Morgan fingerprint density at radius 2 is 2.21 bits per heavy atom. The average molecular weight is 190 g/mol. The van der Waals surface area contributed by atoms with Crippen molar-refractivity contribution >= 4 is 5.97 Å². The van der Waals surface area contributed by atoms with Crippen molar-refractivity contribution in [2.45, 2.75) is 6.92 Å². The highest BCUT2D eigenvalue weighted by molar-refractivity contribution is 5.69. The third-order valence-electron chi connectivity index (χ3n) is 1.39. The van der Waals surface area contributed by atoms with Crippen LogP contribution in [0.3, 0.4) is 0 Å². The second-order valence-electron chi connectivity index (χ2n) is 2.56. The Balaban J connectivity index is 2.69. The molecular formula is C11H10O3. The molecule has 3 heteroatoms. The van der Waals surface area contributed by atoms with Crippen LogP contribution in [0.2, 0.25) is 0 Å². The van der Waals surface area contributed by atoms with E-state index in [4.69, 9.17) is 15.9 Å². The Morgan fingerprint density at radius 3 is 2.86 bits per heavy atom. The molecule has 0 aliphatic carbocycles. The van der Waals surface area contributed by atoms with E-state index in [1.54, 1.807) is 24.3 Å². The molecule has 0 fully saturated rings. The smallest absolute Gasteiger partial charge is 0.308 e. The lowest BCUT2D eigenvalue weighted by Crippen LogP contribution is -2.01. The fraction of sp³-hybridized carbons (Fsp3) is 0.182. The summed E-state index contributed by atoms with van der Waals surface area (Å²) in [5.74, 6) is 3.02. The molecule has 0 aliphatic rings. The Bertz CT molecular complexity index is 363. The van der Waals surface area contributed by atoms with Gasteiger partial charge in [-0.2, -0.15) is 0 Å². The van der Waals surface area contributed by atoms with Gasteiger partial charge in [0, 0.05) is 13.0 Å². The minimum atomic E-state index is -0.362. The molecule has 0 aliphatic heterocycles. The molecule has 0 atom stereocenters. The van der Waals surface area contributed by atoms with Crippen LogP contribution >= 0.6 is 0 Å². The molecule has 0 spiro atoms. The number of hydrogen-bond donors (Lipinski definition) is 0. The van der Waals surface area contributed by atoms with E-state index in [-0.39, 0.29) is 12.6 Å². The van der Waals surface area contributed by atoms with E-state index < -0.39 is 0 Å². The molecule has 1 aromatic carbocycles. The van der Waals surface area contributed by atoms with Gasteiger partial charge in [-0.3, -0.25) is 4.79 Å². The van der Waals surface area contributed by atoms with E-state index >= 15 is 0 Å². The number of benzene rings is 1. The summed E-state index contributed by atoms with van der Waals surface area (Å²) in [4.78, 5) is 10.6. The first-order chi connectivity index (χ1) is 6.72. The van der Waals surface area contributed by atoms with Gasteiger partial charge in [0.05, 0.1) is 0 Å². The van der Waals surface area contributed by atoms with Gasteiger partial charge in [0.1, 0.15) is 18.1 Å². The van der Waals surface area contributed by atoms with Crippen LogP contribution < -0.4 is 9.47 Å². The molecule has 1 aromatic rings. The maximum atomic E-state index is 10.6. The van der Waals surface area contributed by atoms with Crippen LogP contribution in [0.15, 0.2) is 24.3 Å². The van der Waals surface area contributed by atoms with Crippen molar-refractivity contribution in [2.24, 2.45) is 0 Å². The van der Waals surface area contributed by atoms with Crippen LogP contribution in [0.25, 0.3) is 0 Å². The normalized spacial score (nSPS) is 8.86. The molecule has 0 unspecified atom stereocenters. The summed E-state index contributed by atoms with van der Waals surface area (Å²) >= 11 is 0. The number of hydrogen-bond acceptors (Lipinski definition) is 3. The molecule has 0 saturated heterocycles. The number of terminal acetylenes is 1. The monoisotopic (exact) mass is 190 g/mol. The summed E-state index contributed by atoms with van der Waals surface area (Å²) in [6, 6.07) is 6.75. The molecule has 0 N–H and O–H groups in total. The van der Waals surface area contributed by atoms with Gasteiger partial charge in [-0.05, 0) is 12.1 Å². The van der Waals surface area contributed by atoms with E-state index in [2.05, 4.69) is 5.92 Å². The van der Waals surface area contributed by atoms with Crippen LogP contribution in [0.4, 0.5) is 0 Å². The second kappa shape index (κ2) is 4.93. The fourth-order valence-electron chi connectivity index (χ4n) is 0.918. The summed E-state index contributed by atoms with van der Waals surface area (Å²) in [5.41, 5.74) is 0. The van der Waals surface area contributed by atoms with Crippen LogP contribution in [-0.2, 0) is 4.79 Å². The first-order valence-corrected chi connectivity index (χ1v) is 4.07. The summed E-state index contributed by atoms with van der Waals surface area (Å²) in [6.45, 7) is 1.54. The molecule has 0 aromatic heterocycles.